The lowest BCUT2D eigenvalue weighted by atomic mass is 10.0. The summed E-state index contributed by atoms with van der Waals surface area (Å²) in [5.74, 6) is 1.08. The fourth-order valence-corrected chi connectivity index (χ4v) is 4.48. The van der Waals surface area contributed by atoms with Crippen LogP contribution in [0.3, 0.4) is 0 Å². The number of esters is 1. The summed E-state index contributed by atoms with van der Waals surface area (Å²) in [4.78, 5) is 29.8. The van der Waals surface area contributed by atoms with Gasteiger partial charge in [-0.2, -0.15) is 0 Å². The maximum atomic E-state index is 13.0. The van der Waals surface area contributed by atoms with E-state index in [9.17, 15) is 9.59 Å². The van der Waals surface area contributed by atoms with Gasteiger partial charge in [0.15, 0.2) is 0 Å². The van der Waals surface area contributed by atoms with Crippen LogP contribution in [0.25, 0.3) is 10.9 Å². The number of para-hydroxylation sites is 1. The molecule has 5 rings (SSSR count). The fraction of sp³-hybridized carbons (Fsp3) is 0.171. The van der Waals surface area contributed by atoms with E-state index >= 15 is 0 Å². The van der Waals surface area contributed by atoms with Crippen molar-refractivity contribution in [3.8, 4) is 17.2 Å². The van der Waals surface area contributed by atoms with Crippen molar-refractivity contribution in [1.82, 2.24) is 10.3 Å². The molecule has 0 aliphatic heterocycles. The molecule has 0 fully saturated rings. The Balaban J connectivity index is 1.11. The SMILES string of the molecule is COC(=O)C(Cc1ccc(OCc2ccccc2)cc1)NC(=O)c1ccc(OCCOc2cccc3cccnc23)cc1. The van der Waals surface area contributed by atoms with Gasteiger partial charge < -0.3 is 24.3 Å². The number of carbonyl (C=O) groups excluding carboxylic acids is 2. The molecule has 1 heterocycles. The number of carbonyl (C=O) groups is 2. The van der Waals surface area contributed by atoms with Crippen molar-refractivity contribution in [2.75, 3.05) is 20.3 Å². The molecule has 0 bridgehead atoms. The summed E-state index contributed by atoms with van der Waals surface area (Å²) >= 11 is 0. The molecule has 218 valence electrons. The molecule has 0 aliphatic rings. The molecule has 8 nitrogen and oxygen atoms in total. The van der Waals surface area contributed by atoms with Crippen LogP contribution in [0.15, 0.2) is 115 Å². The van der Waals surface area contributed by atoms with Crippen molar-refractivity contribution in [1.29, 1.82) is 0 Å². The van der Waals surface area contributed by atoms with Gasteiger partial charge in [-0.25, -0.2) is 4.79 Å². The number of methoxy groups -OCH3 is 1. The van der Waals surface area contributed by atoms with Gasteiger partial charge in [0.1, 0.15) is 48.6 Å². The molecule has 1 atom stereocenters. The van der Waals surface area contributed by atoms with Crippen molar-refractivity contribution in [2.24, 2.45) is 0 Å². The second-order valence-electron chi connectivity index (χ2n) is 9.72. The molecule has 0 radical (unpaired) electrons. The van der Waals surface area contributed by atoms with Crippen molar-refractivity contribution in [3.63, 3.8) is 0 Å². The minimum atomic E-state index is -0.856. The van der Waals surface area contributed by atoms with Crippen molar-refractivity contribution >= 4 is 22.8 Å². The number of nitrogens with one attached hydrogen (secondary N) is 1. The third kappa shape index (κ3) is 8.10. The molecular weight excluding hydrogens is 544 g/mol. The standard InChI is InChI=1S/C35H32N2O6/c1-40-35(39)31(23-25-12-16-30(17-13-25)43-24-26-7-3-2-4-8-26)37-34(38)28-14-18-29(19-15-28)41-21-22-42-32-11-5-9-27-10-6-20-36-33(27)32/h2-20,31H,21-24H2,1H3,(H,37,38). The predicted molar refractivity (Wildman–Crippen MR) is 163 cm³/mol. The summed E-state index contributed by atoms with van der Waals surface area (Å²) in [6.45, 7) is 1.11. The second kappa shape index (κ2) is 14.5. The predicted octanol–water partition coefficient (Wildman–Crippen LogP) is 5.79. The number of rotatable bonds is 13. The van der Waals surface area contributed by atoms with E-state index in [-0.39, 0.29) is 6.42 Å². The third-order valence-electron chi connectivity index (χ3n) is 6.72. The summed E-state index contributed by atoms with van der Waals surface area (Å²) in [5, 5.41) is 3.79. The lowest BCUT2D eigenvalue weighted by molar-refractivity contribution is -0.142. The highest BCUT2D eigenvalue weighted by molar-refractivity contribution is 5.97. The normalized spacial score (nSPS) is 11.4. The van der Waals surface area contributed by atoms with Crippen molar-refractivity contribution < 1.29 is 28.5 Å². The zero-order valence-electron chi connectivity index (χ0n) is 23.8. The molecule has 0 saturated carbocycles. The largest absolute Gasteiger partial charge is 0.490 e. The average Bonchev–Trinajstić information content (AvgIpc) is 3.06. The highest BCUT2D eigenvalue weighted by Gasteiger charge is 2.23. The van der Waals surface area contributed by atoms with Gasteiger partial charge in [-0.3, -0.25) is 9.78 Å². The number of hydrogen-bond donors (Lipinski definition) is 1. The Morgan fingerprint density at radius 1 is 0.721 bits per heavy atom. The molecule has 1 aromatic heterocycles. The summed E-state index contributed by atoms with van der Waals surface area (Å²) < 4.78 is 22.4. The zero-order chi connectivity index (χ0) is 29.9. The van der Waals surface area contributed by atoms with Gasteiger partial charge in [0.2, 0.25) is 0 Å². The molecule has 0 aliphatic carbocycles. The lowest BCUT2D eigenvalue weighted by Crippen LogP contribution is -2.43. The van der Waals surface area contributed by atoms with E-state index in [0.29, 0.717) is 42.6 Å². The number of nitrogens with zero attached hydrogens (tertiary/aromatic N) is 1. The summed E-state index contributed by atoms with van der Waals surface area (Å²) in [6.07, 6.45) is 2.00. The fourth-order valence-electron chi connectivity index (χ4n) is 4.48. The third-order valence-corrected chi connectivity index (χ3v) is 6.72. The number of amides is 1. The van der Waals surface area contributed by atoms with Crippen LogP contribution in [0.5, 0.6) is 17.2 Å². The van der Waals surface area contributed by atoms with E-state index in [4.69, 9.17) is 18.9 Å². The number of benzene rings is 4. The first-order chi connectivity index (χ1) is 21.1. The van der Waals surface area contributed by atoms with E-state index in [1.54, 1.807) is 30.5 Å². The summed E-state index contributed by atoms with van der Waals surface area (Å²) in [6, 6.07) is 32.8. The smallest absolute Gasteiger partial charge is 0.328 e. The van der Waals surface area contributed by atoms with Crippen LogP contribution >= 0.6 is 0 Å². The van der Waals surface area contributed by atoms with Crippen LogP contribution in [0.2, 0.25) is 0 Å². The van der Waals surface area contributed by atoms with Gasteiger partial charge in [0, 0.05) is 23.6 Å². The Bertz CT molecular complexity index is 1630. The minimum absolute atomic E-state index is 0.269. The second-order valence-corrected chi connectivity index (χ2v) is 9.72. The van der Waals surface area contributed by atoms with Gasteiger partial charge in [-0.1, -0.05) is 60.7 Å². The number of ether oxygens (including phenoxy) is 4. The molecule has 5 aromatic rings. The molecule has 4 aromatic carbocycles. The van der Waals surface area contributed by atoms with Crippen molar-refractivity contribution in [2.45, 2.75) is 19.1 Å². The van der Waals surface area contributed by atoms with E-state index in [1.165, 1.54) is 7.11 Å². The molecule has 43 heavy (non-hydrogen) atoms. The van der Waals surface area contributed by atoms with E-state index < -0.39 is 17.9 Å². The lowest BCUT2D eigenvalue weighted by Gasteiger charge is -2.17. The highest BCUT2D eigenvalue weighted by atomic mass is 16.5. The van der Waals surface area contributed by atoms with Gasteiger partial charge >= 0.3 is 5.97 Å². The van der Waals surface area contributed by atoms with Crippen LogP contribution in [0.1, 0.15) is 21.5 Å². The topological polar surface area (TPSA) is 96.0 Å². The van der Waals surface area contributed by atoms with Crippen LogP contribution in [-0.4, -0.2) is 43.2 Å². The first kappa shape index (κ1) is 29.1. The Morgan fingerprint density at radius 3 is 2.19 bits per heavy atom. The number of aromatic nitrogens is 1. The molecule has 1 amide bonds. The average molecular weight is 577 g/mol. The Labute approximate surface area is 250 Å². The van der Waals surface area contributed by atoms with Crippen LogP contribution in [-0.2, 0) is 22.6 Å². The van der Waals surface area contributed by atoms with Crippen LogP contribution in [0.4, 0.5) is 0 Å². The Hall–Kier alpha value is -5.37. The van der Waals surface area contributed by atoms with E-state index in [1.807, 2.05) is 84.9 Å². The maximum Gasteiger partial charge on any atom is 0.328 e. The quantitative estimate of drug-likeness (QED) is 0.140. The van der Waals surface area contributed by atoms with Crippen LogP contribution in [0, 0.1) is 0 Å². The molecular formula is C35H32N2O6. The first-order valence-corrected chi connectivity index (χ1v) is 13.9. The highest BCUT2D eigenvalue weighted by Crippen LogP contribution is 2.23. The molecule has 0 spiro atoms. The Kier molecular flexibility index (Phi) is 9.82. The summed E-state index contributed by atoms with van der Waals surface area (Å²) in [7, 11) is 1.30. The number of fused-ring (bicyclic) bond motifs is 1. The summed E-state index contributed by atoms with van der Waals surface area (Å²) in [5.41, 5.74) is 3.12. The molecule has 0 saturated heterocycles. The van der Waals surface area contributed by atoms with E-state index in [2.05, 4.69) is 10.3 Å². The zero-order valence-corrected chi connectivity index (χ0v) is 23.8. The van der Waals surface area contributed by atoms with Crippen LogP contribution < -0.4 is 19.5 Å². The number of pyridine rings is 1. The van der Waals surface area contributed by atoms with Gasteiger partial charge in [-0.05, 0) is 59.7 Å². The molecule has 1 N–H and O–H groups in total. The van der Waals surface area contributed by atoms with Gasteiger partial charge in [0.25, 0.3) is 5.91 Å². The Morgan fingerprint density at radius 2 is 1.42 bits per heavy atom. The monoisotopic (exact) mass is 576 g/mol. The van der Waals surface area contributed by atoms with Gasteiger partial charge in [-0.15, -0.1) is 0 Å². The number of hydrogen-bond acceptors (Lipinski definition) is 7. The van der Waals surface area contributed by atoms with E-state index in [0.717, 1.165) is 22.0 Å². The van der Waals surface area contributed by atoms with Gasteiger partial charge in [0.05, 0.1) is 7.11 Å². The van der Waals surface area contributed by atoms with Crippen molar-refractivity contribution in [3.05, 3.63) is 132 Å². The minimum Gasteiger partial charge on any atom is -0.490 e. The molecule has 1 unspecified atom stereocenters. The molecule has 8 heteroatoms. The maximum absolute atomic E-state index is 13.0. The first-order valence-electron chi connectivity index (χ1n) is 13.9.